The van der Waals surface area contributed by atoms with E-state index in [2.05, 4.69) is 14.9 Å². The number of morpholine rings is 1. The summed E-state index contributed by atoms with van der Waals surface area (Å²) in [6, 6.07) is 22.1. The van der Waals surface area contributed by atoms with Crippen molar-refractivity contribution in [2.24, 2.45) is 0 Å². The minimum absolute atomic E-state index is 0.157. The van der Waals surface area contributed by atoms with Gasteiger partial charge in [-0.1, -0.05) is 36.4 Å². The molecule has 31 heavy (non-hydrogen) atoms. The third kappa shape index (κ3) is 5.04. The molecule has 1 aliphatic heterocycles. The van der Waals surface area contributed by atoms with Crippen molar-refractivity contribution in [3.63, 3.8) is 0 Å². The molecule has 1 aliphatic rings. The number of para-hydroxylation sites is 2. The van der Waals surface area contributed by atoms with Crippen molar-refractivity contribution < 1.29 is 17.9 Å². The Morgan fingerprint density at radius 1 is 0.871 bits per heavy atom. The highest BCUT2D eigenvalue weighted by Gasteiger charge is 2.18. The van der Waals surface area contributed by atoms with Crippen LogP contribution >= 0.6 is 0 Å². The van der Waals surface area contributed by atoms with Gasteiger partial charge in [0, 0.05) is 24.3 Å². The van der Waals surface area contributed by atoms with Crippen molar-refractivity contribution in [1.82, 2.24) is 0 Å². The fraction of sp³-hybridized carbons (Fsp3) is 0.174. The highest BCUT2D eigenvalue weighted by atomic mass is 32.2. The van der Waals surface area contributed by atoms with Gasteiger partial charge in [-0.15, -0.1) is 0 Å². The number of anilines is 3. The molecule has 2 N–H and O–H groups in total. The van der Waals surface area contributed by atoms with Gasteiger partial charge in [-0.25, -0.2) is 8.42 Å². The summed E-state index contributed by atoms with van der Waals surface area (Å²) < 4.78 is 33.1. The predicted octanol–water partition coefficient (Wildman–Crippen LogP) is 3.58. The first-order valence-corrected chi connectivity index (χ1v) is 11.4. The third-order valence-corrected chi connectivity index (χ3v) is 6.33. The standard InChI is InChI=1S/C23H23N3O4S/c27-23(24-21-11-4-5-12-22(21)26-13-15-30-16-14-26)18-7-6-8-19(17-18)25-31(28,29)20-9-2-1-3-10-20/h1-12,17,25H,13-16H2,(H,24,27). The van der Waals surface area contributed by atoms with E-state index in [1.165, 1.54) is 18.2 Å². The summed E-state index contributed by atoms with van der Waals surface area (Å²) in [6.45, 7) is 2.80. The molecule has 0 bridgehead atoms. The summed E-state index contributed by atoms with van der Waals surface area (Å²) >= 11 is 0. The molecule has 1 amide bonds. The van der Waals surface area contributed by atoms with Crippen LogP contribution in [0.2, 0.25) is 0 Å². The summed E-state index contributed by atoms with van der Waals surface area (Å²) in [5.41, 5.74) is 2.30. The largest absolute Gasteiger partial charge is 0.378 e. The maximum atomic E-state index is 12.9. The smallest absolute Gasteiger partial charge is 0.261 e. The van der Waals surface area contributed by atoms with Gasteiger partial charge in [-0.05, 0) is 42.5 Å². The van der Waals surface area contributed by atoms with Crippen LogP contribution in [-0.4, -0.2) is 40.6 Å². The number of hydrogen-bond acceptors (Lipinski definition) is 5. The van der Waals surface area contributed by atoms with Gasteiger partial charge in [0.05, 0.1) is 29.5 Å². The number of amides is 1. The van der Waals surface area contributed by atoms with E-state index in [0.717, 1.165) is 18.8 Å². The Morgan fingerprint density at radius 2 is 1.58 bits per heavy atom. The highest BCUT2D eigenvalue weighted by molar-refractivity contribution is 7.92. The number of carbonyl (C=O) groups is 1. The average Bonchev–Trinajstić information content (AvgIpc) is 2.80. The van der Waals surface area contributed by atoms with E-state index >= 15 is 0 Å². The first-order chi connectivity index (χ1) is 15.0. The lowest BCUT2D eigenvalue weighted by Crippen LogP contribution is -2.36. The highest BCUT2D eigenvalue weighted by Crippen LogP contribution is 2.27. The number of nitrogens with zero attached hydrogens (tertiary/aromatic N) is 1. The molecule has 3 aromatic rings. The van der Waals surface area contributed by atoms with Crippen LogP contribution < -0.4 is 14.9 Å². The predicted molar refractivity (Wildman–Crippen MR) is 121 cm³/mol. The van der Waals surface area contributed by atoms with E-state index in [4.69, 9.17) is 4.74 Å². The second kappa shape index (κ2) is 9.20. The van der Waals surface area contributed by atoms with Crippen LogP contribution in [-0.2, 0) is 14.8 Å². The van der Waals surface area contributed by atoms with Gasteiger partial charge in [0.2, 0.25) is 0 Å². The fourth-order valence-corrected chi connectivity index (χ4v) is 4.46. The van der Waals surface area contributed by atoms with E-state index in [1.807, 2.05) is 24.3 Å². The van der Waals surface area contributed by atoms with Gasteiger partial charge in [-0.2, -0.15) is 0 Å². The SMILES string of the molecule is O=C(Nc1ccccc1N1CCOCC1)c1cccc(NS(=O)(=O)c2ccccc2)c1. The van der Waals surface area contributed by atoms with Crippen molar-refractivity contribution in [3.8, 4) is 0 Å². The number of nitrogens with one attached hydrogen (secondary N) is 2. The minimum atomic E-state index is -3.74. The molecule has 0 saturated carbocycles. The van der Waals surface area contributed by atoms with Gasteiger partial charge >= 0.3 is 0 Å². The third-order valence-electron chi connectivity index (χ3n) is 4.93. The van der Waals surface area contributed by atoms with Crippen molar-refractivity contribution in [2.45, 2.75) is 4.90 Å². The molecule has 7 nitrogen and oxygen atoms in total. The number of carbonyl (C=O) groups excluding carboxylic acids is 1. The molecule has 0 atom stereocenters. The van der Waals surface area contributed by atoms with Crippen LogP contribution in [0.15, 0.2) is 83.8 Å². The molecule has 1 heterocycles. The van der Waals surface area contributed by atoms with Gasteiger partial charge < -0.3 is 15.0 Å². The first kappa shape index (κ1) is 20.9. The van der Waals surface area contributed by atoms with Crippen LogP contribution in [0.3, 0.4) is 0 Å². The lowest BCUT2D eigenvalue weighted by molar-refractivity contribution is 0.102. The van der Waals surface area contributed by atoms with E-state index in [9.17, 15) is 13.2 Å². The molecule has 0 spiro atoms. The minimum Gasteiger partial charge on any atom is -0.378 e. The van der Waals surface area contributed by atoms with E-state index in [-0.39, 0.29) is 10.8 Å². The molecule has 160 valence electrons. The zero-order valence-corrected chi connectivity index (χ0v) is 17.6. The Hall–Kier alpha value is -3.36. The van der Waals surface area contributed by atoms with Gasteiger partial charge in [-0.3, -0.25) is 9.52 Å². The summed E-state index contributed by atoms with van der Waals surface area (Å²) in [4.78, 5) is 15.2. The quantitative estimate of drug-likeness (QED) is 0.616. The van der Waals surface area contributed by atoms with E-state index < -0.39 is 10.0 Å². The molecule has 4 rings (SSSR count). The Labute approximate surface area is 181 Å². The summed E-state index contributed by atoms with van der Waals surface area (Å²) in [7, 11) is -3.74. The van der Waals surface area contributed by atoms with Crippen LogP contribution in [0.25, 0.3) is 0 Å². The monoisotopic (exact) mass is 437 g/mol. The molecule has 3 aromatic carbocycles. The van der Waals surface area contributed by atoms with Crippen molar-refractivity contribution in [2.75, 3.05) is 41.2 Å². The van der Waals surface area contributed by atoms with Crippen molar-refractivity contribution in [3.05, 3.63) is 84.4 Å². The Bertz CT molecular complexity index is 1160. The summed E-state index contributed by atoms with van der Waals surface area (Å²) in [5, 5.41) is 2.95. The van der Waals surface area contributed by atoms with Gasteiger partial charge in [0.1, 0.15) is 0 Å². The van der Waals surface area contributed by atoms with Crippen LogP contribution in [0.5, 0.6) is 0 Å². The summed E-state index contributed by atoms with van der Waals surface area (Å²) in [5.74, 6) is -0.318. The van der Waals surface area contributed by atoms with E-state index in [1.54, 1.807) is 36.4 Å². The molecule has 0 radical (unpaired) electrons. The molecule has 0 unspecified atom stereocenters. The fourth-order valence-electron chi connectivity index (χ4n) is 3.39. The van der Waals surface area contributed by atoms with Crippen LogP contribution in [0.1, 0.15) is 10.4 Å². The lowest BCUT2D eigenvalue weighted by atomic mass is 10.1. The number of rotatable bonds is 6. The molecule has 1 fully saturated rings. The molecule has 0 aliphatic carbocycles. The molecule has 1 saturated heterocycles. The zero-order valence-electron chi connectivity index (χ0n) is 16.8. The molecule has 0 aromatic heterocycles. The Kier molecular flexibility index (Phi) is 6.20. The number of ether oxygens (including phenoxy) is 1. The first-order valence-electron chi connectivity index (χ1n) is 9.94. The van der Waals surface area contributed by atoms with E-state index in [0.29, 0.717) is 30.2 Å². The second-order valence-corrected chi connectivity index (χ2v) is 8.75. The zero-order chi connectivity index (χ0) is 21.7. The van der Waals surface area contributed by atoms with Gasteiger partial charge in [0.25, 0.3) is 15.9 Å². The van der Waals surface area contributed by atoms with Crippen LogP contribution in [0, 0.1) is 0 Å². The number of sulfonamides is 1. The Morgan fingerprint density at radius 3 is 2.35 bits per heavy atom. The normalized spacial score (nSPS) is 14.1. The maximum absolute atomic E-state index is 12.9. The van der Waals surface area contributed by atoms with Crippen molar-refractivity contribution >= 4 is 33.0 Å². The molecular formula is C23H23N3O4S. The second-order valence-electron chi connectivity index (χ2n) is 7.07. The molecule has 8 heteroatoms. The topological polar surface area (TPSA) is 87.7 Å². The maximum Gasteiger partial charge on any atom is 0.261 e. The lowest BCUT2D eigenvalue weighted by Gasteiger charge is -2.30. The molecular weight excluding hydrogens is 414 g/mol. The summed E-state index contributed by atoms with van der Waals surface area (Å²) in [6.07, 6.45) is 0. The number of benzene rings is 3. The number of hydrogen-bond donors (Lipinski definition) is 2. The van der Waals surface area contributed by atoms with Crippen LogP contribution in [0.4, 0.5) is 17.1 Å². The van der Waals surface area contributed by atoms with Crippen molar-refractivity contribution in [1.29, 1.82) is 0 Å². The Balaban J connectivity index is 1.52. The van der Waals surface area contributed by atoms with Gasteiger partial charge in [0.15, 0.2) is 0 Å². The average molecular weight is 438 g/mol.